The van der Waals surface area contributed by atoms with Gasteiger partial charge in [0.05, 0.1) is 29.6 Å². The average Bonchev–Trinajstić information content (AvgIpc) is 2.68. The zero-order valence-electron chi connectivity index (χ0n) is 14.8. The van der Waals surface area contributed by atoms with Crippen molar-refractivity contribution >= 4 is 28.5 Å². The lowest BCUT2D eigenvalue weighted by Gasteiger charge is -2.27. The Morgan fingerprint density at radius 1 is 1.26 bits per heavy atom. The molecule has 0 radical (unpaired) electrons. The highest BCUT2D eigenvalue weighted by Gasteiger charge is 2.23. The second-order valence-corrected chi connectivity index (χ2v) is 7.01. The van der Waals surface area contributed by atoms with E-state index in [0.29, 0.717) is 46.8 Å². The SMILES string of the molecule is COC(=O)c1cccc(CN2CCc3c(oc4c(Cl)cccc4c3=O)C2)c1. The minimum atomic E-state index is -0.354. The molecule has 27 heavy (non-hydrogen) atoms. The van der Waals surface area contributed by atoms with E-state index >= 15 is 0 Å². The third-order valence-corrected chi connectivity index (χ3v) is 5.14. The molecule has 0 fully saturated rings. The van der Waals surface area contributed by atoms with Crippen LogP contribution in [-0.2, 0) is 24.2 Å². The third kappa shape index (κ3) is 3.36. The number of methoxy groups -OCH3 is 1. The molecule has 1 aliphatic rings. The molecule has 4 rings (SSSR count). The summed E-state index contributed by atoms with van der Waals surface area (Å²) in [4.78, 5) is 26.7. The van der Waals surface area contributed by atoms with Crippen LogP contribution in [0.15, 0.2) is 51.7 Å². The van der Waals surface area contributed by atoms with E-state index in [1.807, 2.05) is 18.2 Å². The maximum Gasteiger partial charge on any atom is 0.337 e. The molecular formula is C21H18ClNO4. The van der Waals surface area contributed by atoms with Gasteiger partial charge in [-0.2, -0.15) is 0 Å². The first kappa shape index (κ1) is 17.8. The van der Waals surface area contributed by atoms with Crippen LogP contribution in [-0.4, -0.2) is 24.5 Å². The Hall–Kier alpha value is -2.63. The Balaban J connectivity index is 1.62. The highest BCUT2D eigenvalue weighted by molar-refractivity contribution is 6.34. The molecule has 0 atom stereocenters. The van der Waals surface area contributed by atoms with Gasteiger partial charge in [0.15, 0.2) is 11.0 Å². The van der Waals surface area contributed by atoms with Crippen molar-refractivity contribution in [2.45, 2.75) is 19.5 Å². The summed E-state index contributed by atoms with van der Waals surface area (Å²) in [6, 6.07) is 12.6. The summed E-state index contributed by atoms with van der Waals surface area (Å²) in [5, 5.41) is 0.968. The molecule has 2 heterocycles. The van der Waals surface area contributed by atoms with Gasteiger partial charge in [-0.15, -0.1) is 0 Å². The average molecular weight is 384 g/mol. The fourth-order valence-corrected chi connectivity index (χ4v) is 3.72. The normalized spacial score (nSPS) is 14.1. The van der Waals surface area contributed by atoms with Gasteiger partial charge in [0, 0.05) is 18.7 Å². The molecule has 3 aromatic rings. The Bertz CT molecular complexity index is 1090. The first-order valence-electron chi connectivity index (χ1n) is 8.69. The monoisotopic (exact) mass is 383 g/mol. The van der Waals surface area contributed by atoms with E-state index in [1.54, 1.807) is 24.3 Å². The van der Waals surface area contributed by atoms with Crippen molar-refractivity contribution < 1.29 is 13.9 Å². The van der Waals surface area contributed by atoms with Crippen molar-refractivity contribution in [1.29, 1.82) is 0 Å². The number of hydrogen-bond acceptors (Lipinski definition) is 5. The van der Waals surface area contributed by atoms with Crippen molar-refractivity contribution in [3.05, 3.63) is 80.2 Å². The van der Waals surface area contributed by atoms with Gasteiger partial charge >= 0.3 is 5.97 Å². The predicted molar refractivity (Wildman–Crippen MR) is 103 cm³/mol. The standard InChI is InChI=1S/C21H18ClNO4/c1-26-21(25)14-5-2-4-13(10-14)11-23-9-8-15-18(12-23)27-20-16(19(15)24)6-3-7-17(20)22/h2-7,10H,8-9,11-12H2,1H3. The van der Waals surface area contributed by atoms with Gasteiger partial charge in [0.2, 0.25) is 0 Å². The molecule has 1 aromatic heterocycles. The fourth-order valence-electron chi connectivity index (χ4n) is 3.51. The summed E-state index contributed by atoms with van der Waals surface area (Å²) < 4.78 is 10.8. The molecule has 1 aliphatic heterocycles. The van der Waals surface area contributed by atoms with Gasteiger partial charge in [0.25, 0.3) is 0 Å². The van der Waals surface area contributed by atoms with Crippen molar-refractivity contribution in [3.63, 3.8) is 0 Å². The lowest BCUT2D eigenvalue weighted by atomic mass is 10.0. The van der Waals surface area contributed by atoms with Gasteiger partial charge in [-0.1, -0.05) is 29.8 Å². The molecule has 0 aliphatic carbocycles. The molecule has 5 nitrogen and oxygen atoms in total. The van der Waals surface area contributed by atoms with Crippen LogP contribution in [0.2, 0.25) is 5.02 Å². The summed E-state index contributed by atoms with van der Waals surface area (Å²) in [6.07, 6.45) is 0.622. The zero-order chi connectivity index (χ0) is 19.0. The molecule has 0 amide bonds. The Labute approximate surface area is 161 Å². The third-order valence-electron chi connectivity index (χ3n) is 4.85. The van der Waals surface area contributed by atoms with Crippen LogP contribution in [0.3, 0.4) is 0 Å². The molecule has 0 N–H and O–H groups in total. The van der Waals surface area contributed by atoms with E-state index in [2.05, 4.69) is 4.90 Å². The predicted octanol–water partition coefficient (Wildman–Crippen LogP) is 3.79. The van der Waals surface area contributed by atoms with E-state index in [1.165, 1.54) is 7.11 Å². The highest BCUT2D eigenvalue weighted by Crippen LogP contribution is 2.27. The first-order chi connectivity index (χ1) is 13.1. The maximum atomic E-state index is 12.8. The molecule has 138 valence electrons. The lowest BCUT2D eigenvalue weighted by Crippen LogP contribution is -2.33. The second kappa shape index (κ2) is 7.18. The smallest absolute Gasteiger partial charge is 0.337 e. The summed E-state index contributed by atoms with van der Waals surface area (Å²) in [5.41, 5.74) is 2.70. The number of rotatable bonds is 3. The topological polar surface area (TPSA) is 59.8 Å². The molecule has 2 aromatic carbocycles. The second-order valence-electron chi connectivity index (χ2n) is 6.60. The number of nitrogens with zero attached hydrogens (tertiary/aromatic N) is 1. The molecule has 0 saturated carbocycles. The van der Waals surface area contributed by atoms with Gasteiger partial charge in [0.1, 0.15) is 5.76 Å². The van der Waals surface area contributed by atoms with Gasteiger partial charge in [-0.05, 0) is 36.2 Å². The van der Waals surface area contributed by atoms with Gasteiger partial charge < -0.3 is 9.15 Å². The maximum absolute atomic E-state index is 12.8. The van der Waals surface area contributed by atoms with Gasteiger partial charge in [-0.25, -0.2) is 4.79 Å². The molecule has 0 bridgehead atoms. The molecule has 6 heteroatoms. The van der Waals surface area contributed by atoms with Crippen LogP contribution in [0.1, 0.15) is 27.2 Å². The number of benzene rings is 2. The van der Waals surface area contributed by atoms with Crippen LogP contribution in [0.4, 0.5) is 0 Å². The Kier molecular flexibility index (Phi) is 4.72. The largest absolute Gasteiger partial charge is 0.465 e. The Morgan fingerprint density at radius 2 is 2.07 bits per heavy atom. The van der Waals surface area contributed by atoms with Crippen LogP contribution < -0.4 is 5.43 Å². The van der Waals surface area contributed by atoms with E-state index in [0.717, 1.165) is 17.7 Å². The fraction of sp³-hybridized carbons (Fsp3) is 0.238. The van der Waals surface area contributed by atoms with Crippen molar-refractivity contribution in [1.82, 2.24) is 4.90 Å². The number of esters is 1. The van der Waals surface area contributed by atoms with Crippen molar-refractivity contribution in [2.24, 2.45) is 0 Å². The first-order valence-corrected chi connectivity index (χ1v) is 9.07. The zero-order valence-corrected chi connectivity index (χ0v) is 15.6. The number of fused-ring (bicyclic) bond motifs is 2. The summed E-state index contributed by atoms with van der Waals surface area (Å²) in [6.45, 7) is 1.91. The minimum absolute atomic E-state index is 0.00101. The molecular weight excluding hydrogens is 366 g/mol. The van der Waals surface area contributed by atoms with E-state index in [4.69, 9.17) is 20.8 Å². The number of para-hydroxylation sites is 1. The number of ether oxygens (including phenoxy) is 1. The van der Waals surface area contributed by atoms with E-state index in [-0.39, 0.29) is 11.4 Å². The summed E-state index contributed by atoms with van der Waals surface area (Å²) in [7, 11) is 1.37. The number of carbonyl (C=O) groups is 1. The van der Waals surface area contributed by atoms with E-state index < -0.39 is 0 Å². The van der Waals surface area contributed by atoms with Crippen molar-refractivity contribution in [2.75, 3.05) is 13.7 Å². The lowest BCUT2D eigenvalue weighted by molar-refractivity contribution is 0.0600. The quantitative estimate of drug-likeness (QED) is 0.644. The van der Waals surface area contributed by atoms with Crippen LogP contribution in [0, 0.1) is 0 Å². The minimum Gasteiger partial charge on any atom is -0.465 e. The summed E-state index contributed by atoms with van der Waals surface area (Å²) >= 11 is 6.21. The number of halogens is 1. The number of hydrogen-bond donors (Lipinski definition) is 0. The molecule has 0 unspecified atom stereocenters. The Morgan fingerprint density at radius 3 is 2.89 bits per heavy atom. The van der Waals surface area contributed by atoms with Crippen LogP contribution in [0.25, 0.3) is 11.0 Å². The van der Waals surface area contributed by atoms with E-state index in [9.17, 15) is 9.59 Å². The molecule has 0 saturated heterocycles. The number of carbonyl (C=O) groups excluding carboxylic acids is 1. The van der Waals surface area contributed by atoms with Crippen molar-refractivity contribution in [3.8, 4) is 0 Å². The van der Waals surface area contributed by atoms with Crippen LogP contribution in [0.5, 0.6) is 0 Å². The summed E-state index contributed by atoms with van der Waals surface area (Å²) in [5.74, 6) is 0.309. The highest BCUT2D eigenvalue weighted by atomic mass is 35.5. The molecule has 0 spiro atoms. The van der Waals surface area contributed by atoms with Gasteiger partial charge in [-0.3, -0.25) is 9.69 Å². The van der Waals surface area contributed by atoms with Crippen LogP contribution >= 0.6 is 11.6 Å².